The van der Waals surface area contributed by atoms with Gasteiger partial charge in [-0.1, -0.05) is 0 Å². The number of nitrogens with one attached hydrogen (secondary N) is 1. The molecule has 1 saturated carbocycles. The monoisotopic (exact) mass is 578 g/mol. The number of halogens is 2. The Labute approximate surface area is 232 Å². The van der Waals surface area contributed by atoms with E-state index in [1.54, 1.807) is 32.9 Å². The van der Waals surface area contributed by atoms with Gasteiger partial charge in [-0.3, -0.25) is 9.36 Å². The Balaban J connectivity index is 1.43. The number of aliphatic hydroxyl groups is 1. The molecule has 0 spiro atoms. The molecule has 2 N–H and O–H groups in total. The van der Waals surface area contributed by atoms with Gasteiger partial charge in [-0.25, -0.2) is 22.2 Å². The predicted molar refractivity (Wildman–Crippen MR) is 149 cm³/mol. The average Bonchev–Trinajstić information content (AvgIpc) is 2.91. The SMILES string of the molecule is Cc1cc(S(=O)(=O)CCCOC2CCC(CO)CC2)ccc1Nc1ncc2cc(C(F)F)c(=O)n(C(C)C)c2n1. The van der Waals surface area contributed by atoms with Crippen LogP contribution in [0, 0.1) is 12.8 Å². The summed E-state index contributed by atoms with van der Waals surface area (Å²) in [6.07, 6.45) is 2.61. The molecular formula is C28H36F2N4O5S. The first-order valence-corrected chi connectivity index (χ1v) is 15.2. The van der Waals surface area contributed by atoms with Gasteiger partial charge in [0.1, 0.15) is 5.65 Å². The van der Waals surface area contributed by atoms with E-state index in [2.05, 4.69) is 15.3 Å². The number of benzene rings is 1. The molecule has 3 aromatic rings. The number of alkyl halides is 2. The van der Waals surface area contributed by atoms with Crippen LogP contribution in [0.1, 0.15) is 69.5 Å². The zero-order valence-corrected chi connectivity index (χ0v) is 23.8. The predicted octanol–water partition coefficient (Wildman–Crippen LogP) is 5.09. The zero-order chi connectivity index (χ0) is 29.0. The molecule has 0 radical (unpaired) electrons. The van der Waals surface area contributed by atoms with Crippen LogP contribution in [0.3, 0.4) is 0 Å². The average molecular weight is 579 g/mol. The lowest BCUT2D eigenvalue weighted by Crippen LogP contribution is -2.26. The number of anilines is 2. The van der Waals surface area contributed by atoms with Crippen molar-refractivity contribution in [1.29, 1.82) is 0 Å². The third kappa shape index (κ3) is 6.84. The van der Waals surface area contributed by atoms with Crippen molar-refractivity contribution >= 4 is 32.5 Å². The van der Waals surface area contributed by atoms with E-state index in [0.717, 1.165) is 31.7 Å². The molecule has 0 atom stereocenters. The molecule has 4 rings (SSSR count). The molecule has 0 aliphatic heterocycles. The van der Waals surface area contributed by atoms with Crippen molar-refractivity contribution in [2.75, 3.05) is 24.3 Å². The molecule has 218 valence electrons. The Morgan fingerprint density at radius 3 is 2.52 bits per heavy atom. The molecule has 1 aromatic carbocycles. The third-order valence-corrected chi connectivity index (χ3v) is 9.12. The van der Waals surface area contributed by atoms with Crippen molar-refractivity contribution in [1.82, 2.24) is 14.5 Å². The van der Waals surface area contributed by atoms with Crippen LogP contribution in [0.4, 0.5) is 20.4 Å². The molecule has 2 aromatic heterocycles. The van der Waals surface area contributed by atoms with Crippen LogP contribution < -0.4 is 10.9 Å². The molecule has 1 fully saturated rings. The van der Waals surface area contributed by atoms with Gasteiger partial charge in [0.15, 0.2) is 9.84 Å². The van der Waals surface area contributed by atoms with Gasteiger partial charge in [-0.05, 0) is 88.6 Å². The highest BCUT2D eigenvalue weighted by atomic mass is 32.2. The molecule has 2 heterocycles. The summed E-state index contributed by atoms with van der Waals surface area (Å²) in [4.78, 5) is 21.5. The van der Waals surface area contributed by atoms with Crippen molar-refractivity contribution in [3.63, 3.8) is 0 Å². The van der Waals surface area contributed by atoms with Gasteiger partial charge in [0, 0.05) is 36.5 Å². The van der Waals surface area contributed by atoms with Gasteiger partial charge in [0.25, 0.3) is 12.0 Å². The highest BCUT2D eigenvalue weighted by Crippen LogP contribution is 2.27. The fourth-order valence-corrected chi connectivity index (χ4v) is 6.39. The van der Waals surface area contributed by atoms with Gasteiger partial charge in [-0.15, -0.1) is 0 Å². The fourth-order valence-electron chi connectivity index (χ4n) is 5.03. The summed E-state index contributed by atoms with van der Waals surface area (Å²) < 4.78 is 59.7. The first-order chi connectivity index (χ1) is 19.0. The fraction of sp³-hybridized carbons (Fsp3) is 0.536. The van der Waals surface area contributed by atoms with Gasteiger partial charge in [-0.2, -0.15) is 4.98 Å². The van der Waals surface area contributed by atoms with Crippen molar-refractivity contribution in [3.8, 4) is 0 Å². The standard InChI is InChI=1S/C28H36F2N4O5S/c1-17(2)34-26-20(14-23(25(29)30)27(34)36)15-31-28(33-26)32-24-10-9-22(13-18(24)3)40(37,38)12-4-11-39-21-7-5-19(16-35)6-8-21/h9-10,13-15,17,19,21,25,35H,4-8,11-12,16H2,1-3H3,(H,31,32,33). The number of sulfone groups is 1. The summed E-state index contributed by atoms with van der Waals surface area (Å²) >= 11 is 0. The largest absolute Gasteiger partial charge is 0.396 e. The van der Waals surface area contributed by atoms with Crippen LogP contribution in [0.25, 0.3) is 11.0 Å². The maximum Gasteiger partial charge on any atom is 0.269 e. The molecular weight excluding hydrogens is 542 g/mol. The number of pyridine rings is 1. The topological polar surface area (TPSA) is 123 Å². The number of aromatic nitrogens is 3. The number of rotatable bonds is 11. The van der Waals surface area contributed by atoms with Gasteiger partial charge >= 0.3 is 0 Å². The molecule has 40 heavy (non-hydrogen) atoms. The van der Waals surface area contributed by atoms with Crippen molar-refractivity contribution in [2.45, 2.75) is 76.3 Å². The van der Waals surface area contributed by atoms with Crippen LogP contribution in [0.2, 0.25) is 0 Å². The quantitative estimate of drug-likeness (QED) is 0.302. The normalized spacial score (nSPS) is 18.1. The summed E-state index contributed by atoms with van der Waals surface area (Å²) in [7, 11) is -3.52. The Morgan fingerprint density at radius 2 is 1.90 bits per heavy atom. The van der Waals surface area contributed by atoms with Crippen LogP contribution in [0.15, 0.2) is 40.2 Å². The van der Waals surface area contributed by atoms with Crippen LogP contribution in [0.5, 0.6) is 0 Å². The third-order valence-electron chi connectivity index (χ3n) is 7.32. The maximum atomic E-state index is 13.4. The van der Waals surface area contributed by atoms with E-state index in [4.69, 9.17) is 4.74 Å². The minimum absolute atomic E-state index is 0.0354. The van der Waals surface area contributed by atoms with Crippen molar-refractivity contribution in [2.24, 2.45) is 5.92 Å². The first kappa shape index (κ1) is 30.0. The summed E-state index contributed by atoms with van der Waals surface area (Å²) in [6, 6.07) is 5.43. The molecule has 0 unspecified atom stereocenters. The lowest BCUT2D eigenvalue weighted by atomic mass is 9.88. The van der Waals surface area contributed by atoms with Crippen molar-refractivity contribution < 1.29 is 27.0 Å². The number of fused-ring (bicyclic) bond motifs is 1. The van der Waals surface area contributed by atoms with E-state index in [1.807, 2.05) is 0 Å². The number of hydrogen-bond acceptors (Lipinski definition) is 8. The molecule has 0 amide bonds. The van der Waals surface area contributed by atoms with Crippen LogP contribution in [-0.4, -0.2) is 53.1 Å². The summed E-state index contributed by atoms with van der Waals surface area (Å²) in [5.74, 6) is 0.457. The Morgan fingerprint density at radius 1 is 1.18 bits per heavy atom. The summed E-state index contributed by atoms with van der Waals surface area (Å²) in [5.41, 5.74) is 0.0448. The van der Waals surface area contributed by atoms with Gasteiger partial charge < -0.3 is 15.2 Å². The lowest BCUT2D eigenvalue weighted by Gasteiger charge is -2.27. The smallest absolute Gasteiger partial charge is 0.269 e. The van der Waals surface area contributed by atoms with E-state index in [0.29, 0.717) is 35.6 Å². The van der Waals surface area contributed by atoms with Crippen molar-refractivity contribution in [3.05, 3.63) is 51.9 Å². The summed E-state index contributed by atoms with van der Waals surface area (Å²) in [6.45, 7) is 5.76. The number of ether oxygens (including phenoxy) is 1. The van der Waals surface area contributed by atoms with E-state index >= 15 is 0 Å². The molecule has 1 aliphatic rings. The second-order valence-corrected chi connectivity index (χ2v) is 12.7. The number of aryl methyl sites for hydroxylation is 1. The highest BCUT2D eigenvalue weighted by Gasteiger charge is 2.22. The van der Waals surface area contributed by atoms with Gasteiger partial charge in [0.05, 0.1) is 22.3 Å². The molecule has 0 saturated heterocycles. The minimum atomic E-state index is -3.52. The Bertz CT molecular complexity index is 1500. The second kappa shape index (κ2) is 12.7. The van der Waals surface area contributed by atoms with E-state index < -0.39 is 33.4 Å². The number of hydrogen-bond donors (Lipinski definition) is 2. The summed E-state index contributed by atoms with van der Waals surface area (Å²) in [5, 5.41) is 12.6. The van der Waals surface area contributed by atoms with Crippen LogP contribution >= 0.6 is 0 Å². The van der Waals surface area contributed by atoms with Crippen LogP contribution in [-0.2, 0) is 14.6 Å². The molecule has 12 heteroatoms. The molecule has 1 aliphatic carbocycles. The highest BCUT2D eigenvalue weighted by molar-refractivity contribution is 7.91. The number of aliphatic hydroxyl groups excluding tert-OH is 1. The lowest BCUT2D eigenvalue weighted by molar-refractivity contribution is 0.0120. The Kier molecular flexibility index (Phi) is 9.52. The van der Waals surface area contributed by atoms with E-state index in [1.165, 1.54) is 16.8 Å². The zero-order valence-electron chi connectivity index (χ0n) is 22.9. The maximum absolute atomic E-state index is 13.4. The minimum Gasteiger partial charge on any atom is -0.396 e. The van der Waals surface area contributed by atoms with Gasteiger partial charge in [0.2, 0.25) is 5.95 Å². The first-order valence-electron chi connectivity index (χ1n) is 13.5. The molecule has 0 bridgehead atoms. The Hall–Kier alpha value is -2.96. The van der Waals surface area contributed by atoms with E-state index in [9.17, 15) is 27.1 Å². The number of nitrogens with zero attached hydrogens (tertiary/aromatic N) is 3. The van der Waals surface area contributed by atoms with E-state index in [-0.39, 0.29) is 35.0 Å². The molecule has 9 nitrogen and oxygen atoms in total. The second-order valence-electron chi connectivity index (χ2n) is 10.6.